The molecule has 3 rings (SSSR count). The molecule has 8 heteroatoms. The second-order valence-corrected chi connectivity index (χ2v) is 9.62. The number of ether oxygens (including phenoxy) is 1. The van der Waals surface area contributed by atoms with Crippen molar-refractivity contribution in [2.75, 3.05) is 45.6 Å². The van der Waals surface area contributed by atoms with Crippen molar-refractivity contribution < 1.29 is 23.1 Å². The van der Waals surface area contributed by atoms with Crippen LogP contribution in [0.4, 0.5) is 0 Å². The van der Waals surface area contributed by atoms with Gasteiger partial charge in [-0.3, -0.25) is 9.69 Å². The summed E-state index contributed by atoms with van der Waals surface area (Å²) in [7, 11) is -3.55. The molecular formula is C16H28N2O5S. The molecule has 0 aromatic heterocycles. The third-order valence-electron chi connectivity index (χ3n) is 5.58. The van der Waals surface area contributed by atoms with Crippen molar-refractivity contribution >= 4 is 16.0 Å². The summed E-state index contributed by atoms with van der Waals surface area (Å²) < 4.78 is 30.2. The predicted octanol–water partition coefficient (Wildman–Crippen LogP) is 0.470. The summed E-state index contributed by atoms with van der Waals surface area (Å²) in [4.78, 5) is 13.3. The van der Waals surface area contributed by atoms with E-state index < -0.39 is 22.5 Å². The largest absolute Gasteiger partial charge is 0.480 e. The van der Waals surface area contributed by atoms with Crippen LogP contribution in [0.3, 0.4) is 0 Å². The first-order valence-corrected chi connectivity index (χ1v) is 10.7. The number of rotatable bonds is 7. The molecule has 0 bridgehead atoms. The van der Waals surface area contributed by atoms with Crippen LogP contribution in [-0.2, 0) is 19.6 Å². The molecule has 0 aromatic carbocycles. The Labute approximate surface area is 144 Å². The van der Waals surface area contributed by atoms with E-state index in [2.05, 4.69) is 4.90 Å². The molecule has 2 saturated carbocycles. The zero-order valence-corrected chi connectivity index (χ0v) is 15.1. The average molecular weight is 360 g/mol. The van der Waals surface area contributed by atoms with E-state index in [1.165, 1.54) is 25.7 Å². The smallest absolute Gasteiger partial charge is 0.318 e. The van der Waals surface area contributed by atoms with Crippen LogP contribution < -0.4 is 0 Å². The average Bonchev–Trinajstić information content (AvgIpc) is 3.24. The minimum absolute atomic E-state index is 0.108. The van der Waals surface area contributed by atoms with Gasteiger partial charge < -0.3 is 9.84 Å². The monoisotopic (exact) mass is 360 g/mol. The fourth-order valence-corrected chi connectivity index (χ4v) is 5.01. The molecule has 138 valence electrons. The number of morpholine rings is 1. The number of nitrogens with zero attached hydrogens (tertiary/aromatic N) is 2. The number of carboxylic acid groups (broad SMARTS) is 1. The Morgan fingerprint density at radius 2 is 2.08 bits per heavy atom. The molecule has 1 heterocycles. The maximum atomic E-state index is 11.8. The lowest BCUT2D eigenvalue weighted by Crippen LogP contribution is -2.50. The van der Waals surface area contributed by atoms with Crippen molar-refractivity contribution in [1.29, 1.82) is 0 Å². The van der Waals surface area contributed by atoms with Crippen molar-refractivity contribution in [2.24, 2.45) is 17.8 Å². The van der Waals surface area contributed by atoms with Crippen molar-refractivity contribution in [3.8, 4) is 0 Å². The van der Waals surface area contributed by atoms with Crippen LogP contribution >= 0.6 is 0 Å². The molecule has 3 fully saturated rings. The highest BCUT2D eigenvalue weighted by Gasteiger charge is 2.42. The summed E-state index contributed by atoms with van der Waals surface area (Å²) >= 11 is 0. The van der Waals surface area contributed by atoms with Gasteiger partial charge in [0.15, 0.2) is 0 Å². The van der Waals surface area contributed by atoms with Gasteiger partial charge >= 0.3 is 5.97 Å². The topological polar surface area (TPSA) is 87.2 Å². The van der Waals surface area contributed by atoms with Gasteiger partial charge in [0.25, 0.3) is 0 Å². The second-order valence-electron chi connectivity index (χ2n) is 7.64. The molecule has 7 nitrogen and oxygen atoms in total. The summed E-state index contributed by atoms with van der Waals surface area (Å²) in [6.45, 7) is 2.78. The number of aliphatic carboxylic acids is 1. The summed E-state index contributed by atoms with van der Waals surface area (Å²) in [5.41, 5.74) is 0. The van der Waals surface area contributed by atoms with E-state index in [9.17, 15) is 13.2 Å². The van der Waals surface area contributed by atoms with Gasteiger partial charge in [0.2, 0.25) is 10.0 Å². The lowest BCUT2D eigenvalue weighted by Gasteiger charge is -2.37. The lowest BCUT2D eigenvalue weighted by molar-refractivity contribution is -0.137. The van der Waals surface area contributed by atoms with Crippen molar-refractivity contribution in [3.63, 3.8) is 0 Å². The fraction of sp³-hybridized carbons (Fsp3) is 0.938. The molecule has 1 aliphatic heterocycles. The highest BCUT2D eigenvalue weighted by Crippen LogP contribution is 2.51. The third kappa shape index (κ3) is 4.91. The first-order valence-electron chi connectivity index (χ1n) is 8.82. The Balaban J connectivity index is 1.51. The molecule has 24 heavy (non-hydrogen) atoms. The Hall–Kier alpha value is -0.700. The normalized spacial score (nSPS) is 34.1. The fourth-order valence-electron chi connectivity index (χ4n) is 4.23. The van der Waals surface area contributed by atoms with E-state index in [1.54, 1.807) is 0 Å². The Morgan fingerprint density at radius 1 is 1.29 bits per heavy atom. The minimum Gasteiger partial charge on any atom is -0.480 e. The van der Waals surface area contributed by atoms with Gasteiger partial charge in [0.1, 0.15) is 6.54 Å². The highest BCUT2D eigenvalue weighted by molar-refractivity contribution is 7.88. The van der Waals surface area contributed by atoms with Gasteiger partial charge in [-0.05, 0) is 43.4 Å². The molecule has 4 unspecified atom stereocenters. The SMILES string of the molecule is CS(=O)(=O)N(CC(=O)O)CC1CN(CC2CCC3CC3C2)CCO1. The molecule has 0 radical (unpaired) electrons. The van der Waals surface area contributed by atoms with Crippen LogP contribution in [0.25, 0.3) is 0 Å². The van der Waals surface area contributed by atoms with Crippen molar-refractivity contribution in [1.82, 2.24) is 9.21 Å². The number of hydrogen-bond donors (Lipinski definition) is 1. The van der Waals surface area contributed by atoms with E-state index in [4.69, 9.17) is 9.84 Å². The summed E-state index contributed by atoms with van der Waals surface area (Å²) in [6.07, 6.45) is 6.21. The summed E-state index contributed by atoms with van der Waals surface area (Å²) in [6, 6.07) is 0. The molecule has 0 aromatic rings. The van der Waals surface area contributed by atoms with Gasteiger partial charge in [0, 0.05) is 26.2 Å². The molecule has 0 spiro atoms. The van der Waals surface area contributed by atoms with Crippen LogP contribution in [0, 0.1) is 17.8 Å². The molecule has 0 amide bonds. The zero-order chi connectivity index (χ0) is 17.3. The zero-order valence-electron chi connectivity index (χ0n) is 14.3. The first kappa shape index (κ1) is 18.1. The molecule has 1 saturated heterocycles. The quantitative estimate of drug-likeness (QED) is 0.710. The Kier molecular flexibility index (Phi) is 5.48. The Morgan fingerprint density at radius 3 is 2.75 bits per heavy atom. The predicted molar refractivity (Wildman–Crippen MR) is 89.2 cm³/mol. The Bertz CT molecular complexity index is 567. The van der Waals surface area contributed by atoms with E-state index in [0.29, 0.717) is 13.2 Å². The van der Waals surface area contributed by atoms with Gasteiger partial charge in [-0.1, -0.05) is 0 Å². The highest BCUT2D eigenvalue weighted by atomic mass is 32.2. The van der Waals surface area contributed by atoms with E-state index in [-0.39, 0.29) is 12.6 Å². The maximum Gasteiger partial charge on any atom is 0.318 e. The van der Waals surface area contributed by atoms with E-state index in [1.807, 2.05) is 0 Å². The van der Waals surface area contributed by atoms with Gasteiger partial charge in [0.05, 0.1) is 19.0 Å². The van der Waals surface area contributed by atoms with Crippen molar-refractivity contribution in [3.05, 3.63) is 0 Å². The van der Waals surface area contributed by atoms with Crippen molar-refractivity contribution in [2.45, 2.75) is 31.8 Å². The van der Waals surface area contributed by atoms with Gasteiger partial charge in [-0.25, -0.2) is 8.42 Å². The van der Waals surface area contributed by atoms with E-state index >= 15 is 0 Å². The van der Waals surface area contributed by atoms with Gasteiger partial charge in [-0.15, -0.1) is 0 Å². The molecular weight excluding hydrogens is 332 g/mol. The maximum absolute atomic E-state index is 11.8. The van der Waals surface area contributed by atoms with Crippen LogP contribution in [0.5, 0.6) is 0 Å². The molecule has 3 aliphatic rings. The second kappa shape index (κ2) is 7.27. The standard InChI is InChI=1S/C16H28N2O5S/c1-24(21,22)18(11-16(19)20)10-15-9-17(4-5-23-15)8-12-2-3-13-7-14(13)6-12/h12-15H,2-11H2,1H3,(H,19,20). The summed E-state index contributed by atoms with van der Waals surface area (Å²) in [5.74, 6) is 1.56. The summed E-state index contributed by atoms with van der Waals surface area (Å²) in [5, 5.41) is 8.92. The number of fused-ring (bicyclic) bond motifs is 1. The number of sulfonamides is 1. The third-order valence-corrected chi connectivity index (χ3v) is 6.79. The number of hydrogen-bond acceptors (Lipinski definition) is 5. The molecule has 2 aliphatic carbocycles. The van der Waals surface area contributed by atoms with Gasteiger partial charge in [-0.2, -0.15) is 4.31 Å². The molecule has 1 N–H and O–H groups in total. The minimum atomic E-state index is -3.55. The van der Waals surface area contributed by atoms with Crippen LogP contribution in [0.2, 0.25) is 0 Å². The molecule has 4 atom stereocenters. The number of carbonyl (C=O) groups is 1. The van der Waals surface area contributed by atoms with Crippen LogP contribution in [0.15, 0.2) is 0 Å². The first-order chi connectivity index (χ1) is 11.3. The number of carboxylic acids is 1. The van der Waals surface area contributed by atoms with E-state index in [0.717, 1.165) is 41.4 Å². The van der Waals surface area contributed by atoms with Crippen LogP contribution in [0.1, 0.15) is 25.7 Å². The van der Waals surface area contributed by atoms with Crippen LogP contribution in [-0.4, -0.2) is 80.4 Å². The lowest BCUT2D eigenvalue weighted by atomic mass is 9.89.